The number of amides is 1. The summed E-state index contributed by atoms with van der Waals surface area (Å²) in [6.07, 6.45) is 3.21. The summed E-state index contributed by atoms with van der Waals surface area (Å²) in [5.74, 6) is 0.0389. The molecule has 0 bridgehead atoms. The fraction of sp³-hybridized carbons (Fsp3) is 0.286. The number of rotatable bonds is 8. The van der Waals surface area contributed by atoms with Crippen molar-refractivity contribution < 1.29 is 14.6 Å². The fourth-order valence-electron chi connectivity index (χ4n) is 3.26. The summed E-state index contributed by atoms with van der Waals surface area (Å²) in [5.41, 5.74) is 3.48. The fourth-order valence-corrected chi connectivity index (χ4v) is 3.26. The second-order valence-corrected chi connectivity index (χ2v) is 6.81. The monoisotopic (exact) mass is 381 g/mol. The van der Waals surface area contributed by atoms with Crippen LogP contribution in [0.1, 0.15) is 12.0 Å². The van der Waals surface area contributed by atoms with Gasteiger partial charge in [0.1, 0.15) is 0 Å². The number of nitro benzene ring substituents is 1. The lowest BCUT2D eigenvalue weighted by Crippen LogP contribution is -3.13. The molecule has 28 heavy (non-hydrogen) atoms. The predicted octanol–water partition coefficient (Wildman–Crippen LogP) is 1.50. The lowest BCUT2D eigenvalue weighted by molar-refractivity contribution is -0.886. The van der Waals surface area contributed by atoms with Crippen LogP contribution in [0.5, 0.6) is 0 Å². The van der Waals surface area contributed by atoms with Crippen LogP contribution in [0.2, 0.25) is 0 Å². The number of nitro groups is 1. The number of non-ortho nitro benzene ring substituents is 1. The molecule has 1 aliphatic heterocycles. The number of nitrogens with one attached hydrogen (secondary N) is 3. The first-order chi connectivity index (χ1) is 13.6. The van der Waals surface area contributed by atoms with Gasteiger partial charge in [0.25, 0.3) is 11.6 Å². The normalized spacial score (nSPS) is 16.1. The van der Waals surface area contributed by atoms with Crippen molar-refractivity contribution in [1.82, 2.24) is 5.32 Å². The lowest BCUT2D eigenvalue weighted by Gasteiger charge is -2.23. The molecule has 2 aromatic rings. The smallest absolute Gasteiger partial charge is 0.275 e. The van der Waals surface area contributed by atoms with Crippen molar-refractivity contribution in [2.45, 2.75) is 6.42 Å². The summed E-state index contributed by atoms with van der Waals surface area (Å²) in [4.78, 5) is 23.6. The SMILES string of the molecule is O=C(C[NH+]1CC=C(c2ccccc2)CC1)NCCNc1ccc([N+](=O)[O-])cc1. The highest BCUT2D eigenvalue weighted by Crippen LogP contribution is 2.17. The van der Waals surface area contributed by atoms with Crippen LogP contribution in [0.3, 0.4) is 0 Å². The summed E-state index contributed by atoms with van der Waals surface area (Å²) < 4.78 is 0. The zero-order valence-corrected chi connectivity index (χ0v) is 15.7. The number of anilines is 1. The second kappa shape index (κ2) is 9.66. The van der Waals surface area contributed by atoms with E-state index >= 15 is 0 Å². The van der Waals surface area contributed by atoms with Gasteiger partial charge in [-0.2, -0.15) is 0 Å². The maximum atomic E-state index is 12.1. The van der Waals surface area contributed by atoms with Crippen molar-refractivity contribution in [2.75, 3.05) is 38.0 Å². The summed E-state index contributed by atoms with van der Waals surface area (Å²) in [6, 6.07) is 16.6. The quantitative estimate of drug-likeness (QED) is 0.367. The molecular weight excluding hydrogens is 356 g/mol. The Labute approximate surface area is 164 Å². The minimum Gasteiger partial charge on any atom is -0.383 e. The Hall–Kier alpha value is -3.19. The molecular formula is C21H25N4O3+. The molecule has 1 heterocycles. The molecule has 0 spiro atoms. The van der Waals surface area contributed by atoms with Gasteiger partial charge in [-0.25, -0.2) is 0 Å². The number of benzene rings is 2. The Bertz CT molecular complexity index is 834. The van der Waals surface area contributed by atoms with Crippen LogP contribution in [-0.4, -0.2) is 43.6 Å². The van der Waals surface area contributed by atoms with Crippen LogP contribution >= 0.6 is 0 Å². The highest BCUT2D eigenvalue weighted by atomic mass is 16.6. The Morgan fingerprint density at radius 3 is 2.46 bits per heavy atom. The molecule has 0 aliphatic carbocycles. The second-order valence-electron chi connectivity index (χ2n) is 6.81. The van der Waals surface area contributed by atoms with Gasteiger partial charge in [0.2, 0.25) is 0 Å². The maximum absolute atomic E-state index is 12.1. The van der Waals surface area contributed by atoms with E-state index in [2.05, 4.69) is 28.8 Å². The van der Waals surface area contributed by atoms with Crippen molar-refractivity contribution in [2.24, 2.45) is 0 Å². The van der Waals surface area contributed by atoms with Gasteiger partial charge in [0.15, 0.2) is 6.54 Å². The molecule has 7 nitrogen and oxygen atoms in total. The summed E-state index contributed by atoms with van der Waals surface area (Å²) in [7, 11) is 0. The van der Waals surface area contributed by atoms with E-state index in [1.807, 2.05) is 18.2 Å². The number of quaternary nitrogens is 1. The van der Waals surface area contributed by atoms with E-state index in [0.717, 1.165) is 25.2 Å². The molecule has 2 aromatic carbocycles. The Morgan fingerprint density at radius 2 is 1.82 bits per heavy atom. The lowest BCUT2D eigenvalue weighted by atomic mass is 10.00. The first kappa shape index (κ1) is 19.6. The average molecular weight is 381 g/mol. The van der Waals surface area contributed by atoms with E-state index in [1.54, 1.807) is 12.1 Å². The topological polar surface area (TPSA) is 88.7 Å². The maximum Gasteiger partial charge on any atom is 0.275 e. The molecule has 1 unspecified atom stereocenters. The molecule has 3 N–H and O–H groups in total. The van der Waals surface area contributed by atoms with E-state index in [-0.39, 0.29) is 11.6 Å². The predicted molar refractivity (Wildman–Crippen MR) is 109 cm³/mol. The minimum absolute atomic E-state index is 0.0389. The summed E-state index contributed by atoms with van der Waals surface area (Å²) >= 11 is 0. The molecule has 0 radical (unpaired) electrons. The third-order valence-electron chi connectivity index (χ3n) is 4.79. The van der Waals surface area contributed by atoms with Gasteiger partial charge in [-0.3, -0.25) is 14.9 Å². The number of nitrogens with zero attached hydrogens (tertiary/aromatic N) is 1. The van der Waals surface area contributed by atoms with Crippen LogP contribution in [0.15, 0.2) is 60.7 Å². The molecule has 1 atom stereocenters. The molecule has 7 heteroatoms. The highest BCUT2D eigenvalue weighted by molar-refractivity contribution is 5.77. The number of hydrogen-bond acceptors (Lipinski definition) is 4. The largest absolute Gasteiger partial charge is 0.383 e. The van der Waals surface area contributed by atoms with Crippen LogP contribution < -0.4 is 15.5 Å². The molecule has 1 amide bonds. The van der Waals surface area contributed by atoms with Crippen molar-refractivity contribution in [3.63, 3.8) is 0 Å². The average Bonchev–Trinajstić information content (AvgIpc) is 2.73. The number of carbonyl (C=O) groups excluding carboxylic acids is 1. The van der Waals surface area contributed by atoms with Crippen LogP contribution in [0, 0.1) is 10.1 Å². The van der Waals surface area contributed by atoms with Gasteiger partial charge < -0.3 is 15.5 Å². The van der Waals surface area contributed by atoms with Gasteiger partial charge >= 0.3 is 0 Å². The van der Waals surface area contributed by atoms with E-state index < -0.39 is 4.92 Å². The van der Waals surface area contributed by atoms with Gasteiger partial charge in [-0.1, -0.05) is 30.3 Å². The van der Waals surface area contributed by atoms with E-state index in [9.17, 15) is 14.9 Å². The molecule has 0 saturated heterocycles. The molecule has 146 valence electrons. The van der Waals surface area contributed by atoms with E-state index in [4.69, 9.17) is 0 Å². The van der Waals surface area contributed by atoms with Gasteiger partial charge in [0, 0.05) is 37.3 Å². The number of hydrogen-bond donors (Lipinski definition) is 3. The van der Waals surface area contributed by atoms with E-state index in [0.29, 0.717) is 19.6 Å². The first-order valence-corrected chi connectivity index (χ1v) is 9.45. The van der Waals surface area contributed by atoms with Crippen LogP contribution in [0.25, 0.3) is 5.57 Å². The Morgan fingerprint density at radius 1 is 1.07 bits per heavy atom. The Balaban J connectivity index is 1.35. The molecule has 1 aliphatic rings. The number of carbonyl (C=O) groups is 1. The van der Waals surface area contributed by atoms with Gasteiger partial charge in [0.05, 0.1) is 18.0 Å². The zero-order valence-electron chi connectivity index (χ0n) is 15.7. The van der Waals surface area contributed by atoms with E-state index in [1.165, 1.54) is 28.2 Å². The molecule has 3 rings (SSSR count). The van der Waals surface area contributed by atoms with Crippen molar-refractivity contribution >= 4 is 22.9 Å². The van der Waals surface area contributed by atoms with Crippen molar-refractivity contribution in [3.05, 3.63) is 76.4 Å². The molecule has 0 aromatic heterocycles. The summed E-state index contributed by atoms with van der Waals surface area (Å²) in [5, 5.41) is 16.7. The zero-order chi connectivity index (χ0) is 19.8. The third-order valence-corrected chi connectivity index (χ3v) is 4.79. The highest BCUT2D eigenvalue weighted by Gasteiger charge is 2.18. The van der Waals surface area contributed by atoms with Crippen molar-refractivity contribution in [1.29, 1.82) is 0 Å². The standard InChI is InChI=1S/C21H24N4O3/c26-21(23-13-12-22-19-6-8-20(9-7-19)25(27)28)16-24-14-10-18(11-15-24)17-4-2-1-3-5-17/h1-10,22H,11-16H2,(H,23,26)/p+1. The van der Waals surface area contributed by atoms with Crippen LogP contribution in [0.4, 0.5) is 11.4 Å². The molecule has 0 fully saturated rings. The van der Waals surface area contributed by atoms with Crippen LogP contribution in [-0.2, 0) is 4.79 Å². The van der Waals surface area contributed by atoms with Gasteiger partial charge in [-0.15, -0.1) is 0 Å². The first-order valence-electron chi connectivity index (χ1n) is 9.45. The minimum atomic E-state index is -0.426. The van der Waals surface area contributed by atoms with Gasteiger partial charge in [-0.05, 0) is 29.3 Å². The third kappa shape index (κ3) is 5.65. The summed E-state index contributed by atoms with van der Waals surface area (Å²) in [6.45, 7) is 3.36. The Kier molecular flexibility index (Phi) is 6.75. The van der Waals surface area contributed by atoms with Crippen molar-refractivity contribution in [3.8, 4) is 0 Å². The molecule has 0 saturated carbocycles.